The first-order valence-corrected chi connectivity index (χ1v) is 18.8. The zero-order valence-electron chi connectivity index (χ0n) is 26.6. The quantitative estimate of drug-likeness (QED) is 0.135. The number of nitriles is 1. The van der Waals surface area contributed by atoms with E-state index in [1.807, 2.05) is 84.9 Å². The van der Waals surface area contributed by atoms with Gasteiger partial charge in [-0.2, -0.15) is 9.57 Å². The van der Waals surface area contributed by atoms with E-state index in [1.165, 1.54) is 4.31 Å². The van der Waals surface area contributed by atoms with Gasteiger partial charge in [0.25, 0.3) is 0 Å². The predicted octanol–water partition coefficient (Wildman–Crippen LogP) is 7.60. The maximum absolute atomic E-state index is 14.6. The summed E-state index contributed by atoms with van der Waals surface area (Å²) in [4.78, 5) is 16.4. The minimum atomic E-state index is -4.06. The number of hydrogen-bond donors (Lipinski definition) is 0. The molecule has 2 fully saturated rings. The van der Waals surface area contributed by atoms with Gasteiger partial charge >= 0.3 is 0 Å². The molecule has 0 bridgehead atoms. The summed E-state index contributed by atoms with van der Waals surface area (Å²) in [6.07, 6.45) is 2.32. The zero-order valence-corrected chi connectivity index (χ0v) is 28.2. The highest BCUT2D eigenvalue weighted by atomic mass is 32.2. The summed E-state index contributed by atoms with van der Waals surface area (Å²) in [6, 6.07) is 45.3. The van der Waals surface area contributed by atoms with Crippen molar-refractivity contribution >= 4 is 38.5 Å². The summed E-state index contributed by atoms with van der Waals surface area (Å²) in [5, 5.41) is 10.9. The van der Waals surface area contributed by atoms with E-state index in [2.05, 4.69) is 42.5 Å². The van der Waals surface area contributed by atoms with E-state index in [0.29, 0.717) is 13.0 Å². The molecule has 8 heteroatoms. The molecular formula is C40H37N3O3S2. The monoisotopic (exact) mass is 671 g/mol. The average Bonchev–Trinajstić information content (AvgIpc) is 3.89. The molecule has 0 spiro atoms. The third kappa shape index (κ3) is 6.14. The molecule has 1 amide bonds. The average molecular weight is 672 g/mol. The standard InChI is InChI=1S/C40H37N3O3S2/c41-25-12-26-42(35-22-23-35)39(44)38-28-36(29-43(38)48(45,46)37-24-21-30-13-10-11-14-31(30)27-37)47-40(32-15-4-1-5-16-32,33-17-6-2-7-18-33)34-19-8-3-9-20-34/h1-11,13-21,24,27,35-36,38H,12,22-23,26,28-29H2/t36-,38+/m1/s1. The number of nitrogens with zero attached hydrogens (tertiary/aromatic N) is 3. The van der Waals surface area contributed by atoms with Crippen molar-refractivity contribution in [1.29, 1.82) is 5.26 Å². The molecule has 0 radical (unpaired) electrons. The van der Waals surface area contributed by atoms with Crippen molar-refractivity contribution in [3.05, 3.63) is 150 Å². The lowest BCUT2D eigenvalue weighted by Gasteiger charge is -2.37. The second-order valence-electron chi connectivity index (χ2n) is 12.5. The van der Waals surface area contributed by atoms with Gasteiger partial charge in [-0.3, -0.25) is 4.79 Å². The van der Waals surface area contributed by atoms with Crippen LogP contribution in [0.1, 0.15) is 42.4 Å². The Bertz CT molecular complexity index is 1950. The van der Waals surface area contributed by atoms with Gasteiger partial charge in [-0.15, -0.1) is 11.8 Å². The van der Waals surface area contributed by atoms with Crippen LogP contribution in [0.2, 0.25) is 0 Å². The van der Waals surface area contributed by atoms with Gasteiger partial charge in [0.15, 0.2) is 0 Å². The van der Waals surface area contributed by atoms with Crippen LogP contribution in [0.4, 0.5) is 0 Å². The number of fused-ring (bicyclic) bond motifs is 1. The van der Waals surface area contributed by atoms with Gasteiger partial charge in [0.05, 0.1) is 22.1 Å². The van der Waals surface area contributed by atoms with Gasteiger partial charge in [-0.05, 0) is 58.9 Å². The molecule has 7 rings (SSSR count). The fourth-order valence-electron chi connectivity index (χ4n) is 7.00. The van der Waals surface area contributed by atoms with E-state index in [0.717, 1.165) is 40.3 Å². The molecule has 5 aromatic carbocycles. The third-order valence-electron chi connectivity index (χ3n) is 9.45. The zero-order chi connectivity index (χ0) is 33.1. The van der Waals surface area contributed by atoms with Gasteiger partial charge in [0, 0.05) is 24.4 Å². The third-order valence-corrected chi connectivity index (χ3v) is 13.1. The van der Waals surface area contributed by atoms with Crippen LogP contribution in [0.3, 0.4) is 0 Å². The summed E-state index contributed by atoms with van der Waals surface area (Å²) in [7, 11) is -4.06. The Hall–Kier alpha value is -4.42. The highest BCUT2D eigenvalue weighted by Gasteiger charge is 2.50. The van der Waals surface area contributed by atoms with E-state index in [4.69, 9.17) is 0 Å². The summed E-state index contributed by atoms with van der Waals surface area (Å²) >= 11 is 1.72. The second kappa shape index (κ2) is 13.6. The smallest absolute Gasteiger partial charge is 0.243 e. The van der Waals surface area contributed by atoms with E-state index in [1.54, 1.807) is 28.8 Å². The van der Waals surface area contributed by atoms with Crippen molar-refractivity contribution in [3.8, 4) is 6.07 Å². The molecule has 1 saturated carbocycles. The van der Waals surface area contributed by atoms with Crippen LogP contribution in [0.15, 0.2) is 138 Å². The lowest BCUT2D eigenvalue weighted by atomic mass is 9.84. The van der Waals surface area contributed by atoms with Crippen molar-refractivity contribution in [1.82, 2.24) is 9.21 Å². The minimum absolute atomic E-state index is 0.0554. The molecule has 0 unspecified atom stereocenters. The Kier molecular flexibility index (Phi) is 9.11. The largest absolute Gasteiger partial charge is 0.337 e. The molecule has 5 aromatic rings. The Morgan fingerprint density at radius 1 is 0.792 bits per heavy atom. The number of benzene rings is 5. The van der Waals surface area contributed by atoms with Gasteiger partial charge in [-0.25, -0.2) is 8.42 Å². The number of amides is 1. The van der Waals surface area contributed by atoms with Crippen LogP contribution in [0, 0.1) is 11.3 Å². The molecule has 1 aliphatic carbocycles. The first-order chi connectivity index (χ1) is 23.4. The molecule has 1 heterocycles. The molecule has 48 heavy (non-hydrogen) atoms. The van der Waals surface area contributed by atoms with Crippen LogP contribution < -0.4 is 0 Å². The second-order valence-corrected chi connectivity index (χ2v) is 15.9. The highest BCUT2D eigenvalue weighted by Crippen LogP contribution is 2.52. The Labute approximate surface area is 287 Å². The van der Waals surface area contributed by atoms with Gasteiger partial charge in [0.1, 0.15) is 6.04 Å². The Balaban J connectivity index is 1.33. The summed E-state index contributed by atoms with van der Waals surface area (Å²) in [5.41, 5.74) is 3.25. The van der Waals surface area contributed by atoms with Crippen LogP contribution in [-0.4, -0.2) is 54.0 Å². The van der Waals surface area contributed by atoms with Gasteiger partial charge in [0.2, 0.25) is 15.9 Å². The lowest BCUT2D eigenvalue weighted by Crippen LogP contribution is -2.48. The SMILES string of the molecule is N#CCCN(C(=O)[C@@H]1C[C@@H](SC(c2ccccc2)(c2ccccc2)c2ccccc2)CN1S(=O)(=O)c1ccc2ccccc2c1)C1CC1. The molecule has 0 N–H and O–H groups in total. The van der Waals surface area contributed by atoms with Crippen LogP contribution >= 0.6 is 11.8 Å². The Morgan fingerprint density at radius 3 is 1.88 bits per heavy atom. The summed E-state index contributed by atoms with van der Waals surface area (Å²) in [5.74, 6) is -0.204. The van der Waals surface area contributed by atoms with Gasteiger partial charge < -0.3 is 4.90 Å². The first-order valence-electron chi connectivity index (χ1n) is 16.4. The number of carbonyl (C=O) groups is 1. The van der Waals surface area contributed by atoms with Crippen molar-refractivity contribution < 1.29 is 13.2 Å². The number of hydrogen-bond acceptors (Lipinski definition) is 5. The molecular weight excluding hydrogens is 635 g/mol. The van der Waals surface area contributed by atoms with Crippen molar-refractivity contribution in [2.45, 2.75) is 52.7 Å². The topological polar surface area (TPSA) is 81.5 Å². The van der Waals surface area contributed by atoms with E-state index < -0.39 is 20.8 Å². The minimum Gasteiger partial charge on any atom is -0.337 e. The lowest BCUT2D eigenvalue weighted by molar-refractivity contribution is -0.135. The Morgan fingerprint density at radius 2 is 1.33 bits per heavy atom. The number of rotatable bonds is 11. The maximum Gasteiger partial charge on any atom is 0.243 e. The van der Waals surface area contributed by atoms with E-state index >= 15 is 0 Å². The van der Waals surface area contributed by atoms with Crippen molar-refractivity contribution in [3.63, 3.8) is 0 Å². The molecule has 2 aliphatic rings. The first kappa shape index (κ1) is 32.1. The van der Waals surface area contributed by atoms with Crippen LogP contribution in [-0.2, 0) is 19.6 Å². The van der Waals surface area contributed by atoms with E-state index in [-0.39, 0.29) is 35.1 Å². The van der Waals surface area contributed by atoms with Crippen molar-refractivity contribution in [2.24, 2.45) is 0 Å². The van der Waals surface area contributed by atoms with Gasteiger partial charge in [-0.1, -0.05) is 121 Å². The summed E-state index contributed by atoms with van der Waals surface area (Å²) < 4.78 is 30.0. The molecule has 1 aliphatic heterocycles. The highest BCUT2D eigenvalue weighted by molar-refractivity contribution is 8.01. The molecule has 2 atom stereocenters. The van der Waals surface area contributed by atoms with Crippen LogP contribution in [0.25, 0.3) is 10.8 Å². The normalized spacial score (nSPS) is 18.4. The molecule has 242 valence electrons. The fourth-order valence-corrected chi connectivity index (χ4v) is 10.6. The number of carbonyl (C=O) groups excluding carboxylic acids is 1. The predicted molar refractivity (Wildman–Crippen MR) is 192 cm³/mol. The summed E-state index contributed by atoms with van der Waals surface area (Å²) in [6.45, 7) is 0.487. The molecule has 0 aromatic heterocycles. The van der Waals surface area contributed by atoms with E-state index in [9.17, 15) is 18.5 Å². The fraction of sp³-hybridized carbons (Fsp3) is 0.250. The number of sulfonamides is 1. The molecule has 1 saturated heterocycles. The van der Waals surface area contributed by atoms with Crippen molar-refractivity contribution in [2.75, 3.05) is 13.1 Å². The number of thioether (sulfide) groups is 1. The van der Waals surface area contributed by atoms with Crippen LogP contribution in [0.5, 0.6) is 0 Å². The molecule has 6 nitrogen and oxygen atoms in total. The maximum atomic E-state index is 14.6.